The molecule has 4 aliphatic heterocycles. The smallest absolute Gasteiger partial charge is 0.270 e. The van der Waals surface area contributed by atoms with Crippen molar-refractivity contribution >= 4 is 74.4 Å². The van der Waals surface area contributed by atoms with Crippen LogP contribution in [-0.4, -0.2) is 28.9 Å². The number of aromatic nitrogens is 4. The van der Waals surface area contributed by atoms with Gasteiger partial charge in [0.1, 0.15) is 40.3 Å². The summed E-state index contributed by atoms with van der Waals surface area (Å²) >= 11 is 0. The second-order valence-corrected chi connectivity index (χ2v) is 23.1. The third-order valence-corrected chi connectivity index (χ3v) is 17.2. The SMILES string of the molecule is CC(C)(C)c1ccnc(-n2c3[c-]c(Oc4[c-]c5c(cc4)[Si](C)(C)c4cccc6c4n-5[c-][n+]6-c4ccccc4)ccc3c3c4c5c(cc32)Oc2cccc3c2B5c2c(cccc2O4)O3)c1.[Pt]. The maximum absolute atomic E-state index is 7.02. The Morgan fingerprint density at radius 2 is 1.38 bits per heavy atom. The van der Waals surface area contributed by atoms with Crippen molar-refractivity contribution < 1.29 is 44.6 Å². The maximum Gasteiger partial charge on any atom is 0.270 e. The van der Waals surface area contributed by atoms with Gasteiger partial charge in [0.05, 0.1) is 16.7 Å². The molecule has 0 bridgehead atoms. The van der Waals surface area contributed by atoms with Gasteiger partial charge in [0.25, 0.3) is 13.0 Å². The number of ether oxygens (including phenoxy) is 4. The standard InChI is InChI=1S/C54H37BN4O4Si.Pt/c1-54(2,3)31-24-25-56-47(26-31)59-37-27-33(60-34-21-23-45-38(28-34)58-30-57(32-12-7-6-8-13-32)36-14-9-19-46(52(36)58)64(45,4)5)20-22-35(37)48-39(59)29-44-51-53(48)63-43-18-11-16-41-50(43)55(51)49-40(61-41)15-10-17-42(49)62-44;/h6-26,29H,1-5H3;/q-2;. The van der Waals surface area contributed by atoms with E-state index in [0.29, 0.717) is 11.5 Å². The van der Waals surface area contributed by atoms with Crippen molar-refractivity contribution in [3.8, 4) is 63.2 Å². The number of benzene rings is 7. The third kappa shape index (κ3) is 5.29. The first-order valence-electron chi connectivity index (χ1n) is 21.7. The normalized spacial score (nSPS) is 14.3. The molecule has 3 aromatic heterocycles. The molecule has 0 amide bonds. The van der Waals surface area contributed by atoms with Gasteiger partial charge in [-0.05, 0) is 70.6 Å². The van der Waals surface area contributed by atoms with E-state index in [9.17, 15) is 0 Å². The predicted molar refractivity (Wildman–Crippen MR) is 253 cm³/mol. The van der Waals surface area contributed by atoms with E-state index in [1.807, 2.05) is 60.8 Å². The molecule has 316 valence electrons. The Morgan fingerprint density at radius 1 is 0.692 bits per heavy atom. The molecule has 0 unspecified atom stereocenters. The predicted octanol–water partition coefficient (Wildman–Crippen LogP) is 8.86. The second-order valence-electron chi connectivity index (χ2n) is 18.8. The molecule has 65 heavy (non-hydrogen) atoms. The topological polar surface area (TPSA) is 63.6 Å². The van der Waals surface area contributed by atoms with Crippen molar-refractivity contribution in [3.05, 3.63) is 158 Å². The van der Waals surface area contributed by atoms with E-state index in [2.05, 4.69) is 139 Å². The summed E-state index contributed by atoms with van der Waals surface area (Å²) in [5, 5.41) is 4.57. The molecule has 0 fully saturated rings. The first-order valence-corrected chi connectivity index (χ1v) is 24.7. The summed E-state index contributed by atoms with van der Waals surface area (Å²) in [6.07, 6.45) is 5.59. The number of hydrogen-bond acceptors (Lipinski definition) is 5. The fraction of sp³-hybridized carbons (Fsp3) is 0.111. The Kier molecular flexibility index (Phi) is 7.92. The minimum Gasteiger partial charge on any atom is -0.510 e. The van der Waals surface area contributed by atoms with Crippen LogP contribution in [0.5, 0.6) is 46.0 Å². The summed E-state index contributed by atoms with van der Waals surface area (Å²) in [6.45, 7) is 11.4. The molecule has 7 aromatic carbocycles. The van der Waals surface area contributed by atoms with Crippen LogP contribution in [0.1, 0.15) is 26.3 Å². The van der Waals surface area contributed by atoms with Gasteiger partial charge in [-0.25, -0.2) is 4.98 Å². The first kappa shape index (κ1) is 38.6. The molecular weight excluding hydrogens is 1000 g/mol. The maximum atomic E-state index is 7.02. The van der Waals surface area contributed by atoms with Crippen LogP contribution in [0.2, 0.25) is 13.1 Å². The Hall–Kier alpha value is -6.87. The molecule has 4 aliphatic rings. The van der Waals surface area contributed by atoms with E-state index in [1.165, 1.54) is 15.9 Å². The minimum atomic E-state index is -2.13. The van der Waals surface area contributed by atoms with E-state index in [-0.39, 0.29) is 33.2 Å². The van der Waals surface area contributed by atoms with Crippen LogP contribution in [0, 0.1) is 18.5 Å². The van der Waals surface area contributed by atoms with Crippen LogP contribution in [-0.2, 0) is 26.5 Å². The quantitative estimate of drug-likeness (QED) is 0.100. The van der Waals surface area contributed by atoms with E-state index >= 15 is 0 Å². The van der Waals surface area contributed by atoms with Crippen molar-refractivity contribution in [1.82, 2.24) is 14.1 Å². The fourth-order valence-electron chi connectivity index (χ4n) is 10.6. The monoisotopic (exact) mass is 1040 g/mol. The number of nitrogens with zero attached hydrogens (tertiary/aromatic N) is 4. The number of imidazole rings is 1. The summed E-state index contributed by atoms with van der Waals surface area (Å²) < 4.78 is 33.6. The molecule has 7 heterocycles. The molecule has 0 spiro atoms. The average molecular weight is 1040 g/mol. The molecule has 0 saturated heterocycles. The second kappa shape index (κ2) is 13.3. The molecule has 11 heteroatoms. The summed E-state index contributed by atoms with van der Waals surface area (Å²) in [5.41, 5.74) is 10.1. The summed E-state index contributed by atoms with van der Waals surface area (Å²) in [7, 11) is -2.13. The van der Waals surface area contributed by atoms with Crippen LogP contribution >= 0.6 is 0 Å². The van der Waals surface area contributed by atoms with Crippen LogP contribution in [0.15, 0.2) is 134 Å². The minimum absolute atomic E-state index is 0. The van der Waals surface area contributed by atoms with Crippen molar-refractivity contribution in [2.45, 2.75) is 39.3 Å². The molecule has 0 N–H and O–H groups in total. The number of hydrogen-bond donors (Lipinski definition) is 0. The fourth-order valence-corrected chi connectivity index (χ4v) is 13.5. The molecule has 0 atom stereocenters. The van der Waals surface area contributed by atoms with Gasteiger partial charge in [-0.15, -0.1) is 29.5 Å². The molecule has 10 aromatic rings. The van der Waals surface area contributed by atoms with Crippen molar-refractivity contribution in [2.75, 3.05) is 0 Å². The number of fused-ring (bicyclic) bond motifs is 6. The van der Waals surface area contributed by atoms with Gasteiger partial charge in [-0.3, -0.25) is 4.57 Å². The molecule has 0 aliphatic carbocycles. The summed E-state index contributed by atoms with van der Waals surface area (Å²) in [5.74, 6) is 6.58. The van der Waals surface area contributed by atoms with Crippen LogP contribution < -0.4 is 50.3 Å². The van der Waals surface area contributed by atoms with Crippen molar-refractivity contribution in [3.63, 3.8) is 0 Å². The molecule has 8 nitrogen and oxygen atoms in total. The van der Waals surface area contributed by atoms with E-state index in [1.54, 1.807) is 0 Å². The zero-order valence-electron chi connectivity index (χ0n) is 36.0. The van der Waals surface area contributed by atoms with Crippen molar-refractivity contribution in [2.24, 2.45) is 0 Å². The van der Waals surface area contributed by atoms with E-state index in [0.717, 1.165) is 101 Å². The van der Waals surface area contributed by atoms with Crippen LogP contribution in [0.25, 0.3) is 50.0 Å². The molecular formula is C54H37BN4O4PtSi-2. The van der Waals surface area contributed by atoms with Gasteiger partial charge in [-0.1, -0.05) is 98.5 Å². The molecule has 14 rings (SSSR count). The number of pyridine rings is 1. The summed E-state index contributed by atoms with van der Waals surface area (Å²) in [6, 6.07) is 51.4. The van der Waals surface area contributed by atoms with Crippen LogP contribution in [0.4, 0.5) is 0 Å². The Morgan fingerprint density at radius 3 is 2.14 bits per heavy atom. The zero-order chi connectivity index (χ0) is 42.8. The van der Waals surface area contributed by atoms with Crippen LogP contribution in [0.3, 0.4) is 0 Å². The van der Waals surface area contributed by atoms with Gasteiger partial charge in [0, 0.05) is 74.8 Å². The largest absolute Gasteiger partial charge is 0.510 e. The first-order chi connectivity index (χ1) is 31.1. The summed E-state index contributed by atoms with van der Waals surface area (Å²) in [4.78, 5) is 5.01. The van der Waals surface area contributed by atoms with E-state index < -0.39 is 8.07 Å². The zero-order valence-corrected chi connectivity index (χ0v) is 39.3. The van der Waals surface area contributed by atoms with Gasteiger partial charge < -0.3 is 28.1 Å². The molecule has 0 radical (unpaired) electrons. The van der Waals surface area contributed by atoms with Gasteiger partial charge in [0.2, 0.25) is 0 Å². The molecule has 0 saturated carbocycles. The van der Waals surface area contributed by atoms with E-state index in [4.69, 9.17) is 23.9 Å². The average Bonchev–Trinajstić information content (AvgIpc) is 3.85. The van der Waals surface area contributed by atoms with Gasteiger partial charge >= 0.3 is 0 Å². The number of para-hydroxylation sites is 2. The van der Waals surface area contributed by atoms with Gasteiger partial charge in [0.15, 0.2) is 0 Å². The Labute approximate surface area is 391 Å². The van der Waals surface area contributed by atoms with Crippen molar-refractivity contribution in [1.29, 1.82) is 0 Å². The Bertz CT molecular complexity index is 3710. The third-order valence-electron chi connectivity index (χ3n) is 13.7. The van der Waals surface area contributed by atoms with Gasteiger partial charge in [-0.2, -0.15) is 12.1 Å². The Balaban J connectivity index is 0.00000423. The number of rotatable bonds is 4.